The van der Waals surface area contributed by atoms with Crippen LogP contribution in [0.3, 0.4) is 0 Å². The van der Waals surface area contributed by atoms with Gasteiger partial charge in [0.1, 0.15) is 5.75 Å². The van der Waals surface area contributed by atoms with Crippen LogP contribution in [0.15, 0.2) is 34.3 Å². The summed E-state index contributed by atoms with van der Waals surface area (Å²) in [5, 5.41) is 0. The molecule has 1 unspecified atom stereocenters. The topological polar surface area (TPSA) is 72.7 Å². The number of benzene rings is 1. The van der Waals surface area contributed by atoms with E-state index in [9.17, 15) is 18.0 Å². The average Bonchev–Trinajstić information content (AvgIpc) is 2.73. The Labute approximate surface area is 166 Å². The third-order valence-electron chi connectivity index (χ3n) is 4.63. The molecule has 1 atom stereocenters. The smallest absolute Gasteiger partial charge is 0.446 e. The molecule has 7 nitrogen and oxygen atoms in total. The van der Waals surface area contributed by atoms with Crippen LogP contribution in [0.1, 0.15) is 31.7 Å². The predicted molar refractivity (Wildman–Crippen MR) is 98.9 cm³/mol. The summed E-state index contributed by atoms with van der Waals surface area (Å²) in [6.07, 6.45) is -2.57. The van der Waals surface area contributed by atoms with Gasteiger partial charge in [0, 0.05) is 18.7 Å². The molecule has 0 amide bonds. The van der Waals surface area contributed by atoms with Gasteiger partial charge < -0.3 is 19.1 Å². The molecule has 2 aliphatic rings. The Balaban J connectivity index is 2.11. The summed E-state index contributed by atoms with van der Waals surface area (Å²) in [6, 6.07) is 5.85. The quantitative estimate of drug-likeness (QED) is 0.710. The minimum atomic E-state index is -5.11. The summed E-state index contributed by atoms with van der Waals surface area (Å²) in [5.74, 6) is -1.42. The number of esters is 1. The predicted octanol–water partition coefficient (Wildman–Crippen LogP) is 3.14. The Morgan fingerprint density at radius 3 is 2.38 bits per heavy atom. The SMILES string of the molecule is CCOC(=O)C1(C(F)(F)F)N=C(c2ccc(OC)cc2)OC(N2CCCCC2)=N1. The molecule has 0 aromatic heterocycles. The first-order chi connectivity index (χ1) is 13.8. The maximum Gasteiger partial charge on any atom is 0.446 e. The van der Waals surface area contributed by atoms with Crippen LogP contribution in [0.25, 0.3) is 0 Å². The molecule has 1 aromatic carbocycles. The highest BCUT2D eigenvalue weighted by atomic mass is 19.4. The fraction of sp³-hybridized carbons (Fsp3) is 0.526. The molecule has 0 radical (unpaired) electrons. The van der Waals surface area contributed by atoms with Crippen LogP contribution < -0.4 is 4.74 Å². The van der Waals surface area contributed by atoms with Gasteiger partial charge >= 0.3 is 17.8 Å². The first-order valence-corrected chi connectivity index (χ1v) is 9.31. The molecule has 2 heterocycles. The van der Waals surface area contributed by atoms with Gasteiger partial charge in [-0.15, -0.1) is 0 Å². The fourth-order valence-electron chi connectivity index (χ4n) is 3.09. The largest absolute Gasteiger partial charge is 0.497 e. The number of piperidine rings is 1. The van der Waals surface area contributed by atoms with E-state index in [1.165, 1.54) is 26.2 Å². The van der Waals surface area contributed by atoms with Crippen molar-refractivity contribution in [2.24, 2.45) is 9.98 Å². The number of rotatable bonds is 4. The van der Waals surface area contributed by atoms with Gasteiger partial charge in [-0.25, -0.2) is 4.79 Å². The van der Waals surface area contributed by atoms with Crippen molar-refractivity contribution in [1.82, 2.24) is 4.90 Å². The molecule has 0 N–H and O–H groups in total. The molecule has 158 valence electrons. The molecule has 0 saturated carbocycles. The zero-order valence-corrected chi connectivity index (χ0v) is 16.2. The fourth-order valence-corrected chi connectivity index (χ4v) is 3.09. The second-order valence-electron chi connectivity index (χ2n) is 6.58. The molecule has 0 spiro atoms. The van der Waals surface area contributed by atoms with Crippen LogP contribution in [0.4, 0.5) is 13.2 Å². The number of hydrogen-bond donors (Lipinski definition) is 0. The monoisotopic (exact) mass is 413 g/mol. The van der Waals surface area contributed by atoms with Crippen molar-refractivity contribution in [3.63, 3.8) is 0 Å². The lowest BCUT2D eigenvalue weighted by Gasteiger charge is -2.35. The summed E-state index contributed by atoms with van der Waals surface area (Å²) in [6.45, 7) is 2.14. The number of alkyl halides is 3. The minimum absolute atomic E-state index is 0.237. The first-order valence-electron chi connectivity index (χ1n) is 9.31. The van der Waals surface area contributed by atoms with Gasteiger partial charge in [-0.1, -0.05) is 0 Å². The van der Waals surface area contributed by atoms with E-state index in [-0.39, 0.29) is 24.1 Å². The second kappa shape index (κ2) is 8.30. The Morgan fingerprint density at radius 2 is 1.83 bits per heavy atom. The van der Waals surface area contributed by atoms with Crippen LogP contribution in [-0.2, 0) is 14.3 Å². The molecule has 1 aromatic rings. The Hall–Kier alpha value is -2.78. The van der Waals surface area contributed by atoms with Gasteiger partial charge in [0.15, 0.2) is 0 Å². The van der Waals surface area contributed by atoms with Crippen molar-refractivity contribution in [3.05, 3.63) is 29.8 Å². The summed E-state index contributed by atoms with van der Waals surface area (Å²) in [5.41, 5.74) is -3.16. The maximum absolute atomic E-state index is 14.1. The van der Waals surface area contributed by atoms with E-state index in [1.54, 1.807) is 17.0 Å². The number of methoxy groups -OCH3 is 1. The van der Waals surface area contributed by atoms with Crippen molar-refractivity contribution in [2.75, 3.05) is 26.8 Å². The summed E-state index contributed by atoms with van der Waals surface area (Å²) >= 11 is 0. The Morgan fingerprint density at radius 1 is 1.17 bits per heavy atom. The molecule has 29 heavy (non-hydrogen) atoms. The second-order valence-corrected chi connectivity index (χ2v) is 6.58. The molecule has 1 saturated heterocycles. The number of hydrogen-bond acceptors (Lipinski definition) is 7. The van der Waals surface area contributed by atoms with Crippen molar-refractivity contribution in [1.29, 1.82) is 0 Å². The number of aliphatic imine (C=N–C) groups is 2. The van der Waals surface area contributed by atoms with Gasteiger partial charge in [-0.2, -0.15) is 23.2 Å². The number of halogens is 3. The van der Waals surface area contributed by atoms with E-state index in [0.717, 1.165) is 19.3 Å². The molecule has 0 aliphatic carbocycles. The summed E-state index contributed by atoms with van der Waals surface area (Å²) < 4.78 is 57.7. The number of carbonyl (C=O) groups excluding carboxylic acids is 1. The molecule has 10 heteroatoms. The van der Waals surface area contributed by atoms with Gasteiger partial charge in [-0.05, 0) is 50.5 Å². The minimum Gasteiger partial charge on any atom is -0.497 e. The van der Waals surface area contributed by atoms with Crippen LogP contribution in [0, 0.1) is 0 Å². The highest BCUT2D eigenvalue weighted by Gasteiger charge is 2.65. The average molecular weight is 413 g/mol. The summed E-state index contributed by atoms with van der Waals surface area (Å²) in [7, 11) is 1.47. The van der Waals surface area contributed by atoms with Gasteiger partial charge in [0.2, 0.25) is 5.90 Å². The zero-order valence-electron chi connectivity index (χ0n) is 16.2. The number of likely N-dealkylation sites (tertiary alicyclic amines) is 1. The number of nitrogens with zero attached hydrogens (tertiary/aromatic N) is 3. The Bertz CT molecular complexity index is 802. The van der Waals surface area contributed by atoms with E-state index < -0.39 is 17.8 Å². The maximum atomic E-state index is 14.1. The molecule has 1 fully saturated rings. The van der Waals surface area contributed by atoms with Crippen LogP contribution in [0.5, 0.6) is 5.75 Å². The van der Waals surface area contributed by atoms with E-state index in [2.05, 4.69) is 9.98 Å². The molecule has 3 rings (SSSR count). The normalized spacial score (nSPS) is 22.3. The van der Waals surface area contributed by atoms with Crippen molar-refractivity contribution in [3.8, 4) is 5.75 Å². The highest BCUT2D eigenvalue weighted by Crippen LogP contribution is 2.39. The highest BCUT2D eigenvalue weighted by molar-refractivity contribution is 6.05. The summed E-state index contributed by atoms with van der Waals surface area (Å²) in [4.78, 5) is 21.3. The molecular formula is C19H22F3N3O4. The third-order valence-corrected chi connectivity index (χ3v) is 4.63. The number of carbonyl (C=O) groups is 1. The van der Waals surface area contributed by atoms with Crippen molar-refractivity contribution in [2.45, 2.75) is 38.0 Å². The van der Waals surface area contributed by atoms with E-state index in [0.29, 0.717) is 18.8 Å². The Kier molecular flexibility index (Phi) is 5.99. The first kappa shape index (κ1) is 20.9. The lowest BCUT2D eigenvalue weighted by molar-refractivity contribution is -0.204. The molecular weight excluding hydrogens is 391 g/mol. The van der Waals surface area contributed by atoms with E-state index in [1.807, 2.05) is 0 Å². The third kappa shape index (κ3) is 4.15. The van der Waals surface area contributed by atoms with Gasteiger partial charge in [0.25, 0.3) is 6.02 Å². The zero-order chi connectivity index (χ0) is 21.1. The van der Waals surface area contributed by atoms with Crippen LogP contribution >= 0.6 is 0 Å². The van der Waals surface area contributed by atoms with Crippen molar-refractivity contribution < 1.29 is 32.2 Å². The lowest BCUT2D eigenvalue weighted by atomic mass is 10.1. The number of ether oxygens (including phenoxy) is 3. The van der Waals surface area contributed by atoms with Crippen molar-refractivity contribution >= 4 is 17.9 Å². The van der Waals surface area contributed by atoms with E-state index >= 15 is 0 Å². The standard InChI is InChI=1S/C19H22F3N3O4/c1-3-28-16(26)18(19(20,21)22)23-15(13-7-9-14(27-2)10-8-13)29-17(24-18)25-11-5-4-6-12-25/h7-10H,3-6,11-12H2,1-2H3. The molecule has 0 bridgehead atoms. The van der Waals surface area contributed by atoms with Gasteiger partial charge in [-0.3, -0.25) is 0 Å². The van der Waals surface area contributed by atoms with Gasteiger partial charge in [0.05, 0.1) is 13.7 Å². The van der Waals surface area contributed by atoms with Crippen LogP contribution in [0.2, 0.25) is 0 Å². The van der Waals surface area contributed by atoms with E-state index in [4.69, 9.17) is 14.2 Å². The lowest BCUT2D eigenvalue weighted by Crippen LogP contribution is -2.55. The van der Waals surface area contributed by atoms with Crippen LogP contribution in [-0.4, -0.2) is 61.4 Å². The number of amidine groups is 1. The molecule has 2 aliphatic heterocycles.